The molecule has 0 aliphatic rings. The van der Waals surface area contributed by atoms with Gasteiger partial charge in [-0.3, -0.25) is 9.59 Å². The van der Waals surface area contributed by atoms with Crippen LogP contribution >= 0.6 is 0 Å². The van der Waals surface area contributed by atoms with Gasteiger partial charge in [0.25, 0.3) is 5.56 Å². The number of nitrogens with zero attached hydrogens (tertiary/aromatic N) is 1. The monoisotopic (exact) mass is 328 g/mol. The number of nitrogens with one attached hydrogen (secondary N) is 1. The van der Waals surface area contributed by atoms with E-state index in [-0.39, 0.29) is 17.4 Å². The maximum absolute atomic E-state index is 12.4. The van der Waals surface area contributed by atoms with E-state index in [0.29, 0.717) is 18.8 Å². The van der Waals surface area contributed by atoms with Gasteiger partial charge in [-0.2, -0.15) is 0 Å². The van der Waals surface area contributed by atoms with E-state index in [2.05, 4.69) is 5.32 Å². The number of pyridine rings is 1. The first kappa shape index (κ1) is 17.8. The van der Waals surface area contributed by atoms with Crippen molar-refractivity contribution in [3.05, 3.63) is 64.1 Å². The minimum atomic E-state index is -0.167. The van der Waals surface area contributed by atoms with Crippen LogP contribution in [0.15, 0.2) is 47.3 Å². The summed E-state index contributed by atoms with van der Waals surface area (Å²) in [6.45, 7) is 4.70. The second-order valence-corrected chi connectivity index (χ2v) is 5.69. The third-order valence-electron chi connectivity index (χ3n) is 4.11. The molecule has 1 amide bonds. The Bertz CT molecular complexity index is 738. The van der Waals surface area contributed by atoms with Gasteiger partial charge < -0.3 is 14.6 Å². The predicted molar refractivity (Wildman–Crippen MR) is 94.5 cm³/mol. The Balaban J connectivity index is 1.99. The van der Waals surface area contributed by atoms with E-state index < -0.39 is 0 Å². The van der Waals surface area contributed by atoms with E-state index in [1.807, 2.05) is 50.2 Å². The van der Waals surface area contributed by atoms with Gasteiger partial charge in [0, 0.05) is 24.8 Å². The van der Waals surface area contributed by atoms with Crippen molar-refractivity contribution in [3.8, 4) is 5.75 Å². The van der Waals surface area contributed by atoms with E-state index in [1.165, 1.54) is 13.2 Å². The van der Waals surface area contributed by atoms with Crippen molar-refractivity contribution in [1.29, 1.82) is 0 Å². The first-order valence-corrected chi connectivity index (χ1v) is 8.15. The quantitative estimate of drug-likeness (QED) is 0.849. The summed E-state index contributed by atoms with van der Waals surface area (Å²) in [5, 5.41) is 2.93. The van der Waals surface area contributed by atoms with Crippen molar-refractivity contribution in [1.82, 2.24) is 9.88 Å². The van der Waals surface area contributed by atoms with Gasteiger partial charge in [-0.05, 0) is 25.0 Å². The molecule has 24 heavy (non-hydrogen) atoms. The van der Waals surface area contributed by atoms with E-state index in [9.17, 15) is 9.59 Å². The summed E-state index contributed by atoms with van der Waals surface area (Å²) in [6, 6.07) is 13.0. The fourth-order valence-electron chi connectivity index (χ4n) is 2.78. The molecule has 5 nitrogen and oxygen atoms in total. The molecule has 0 saturated carbocycles. The Morgan fingerprint density at radius 2 is 1.96 bits per heavy atom. The van der Waals surface area contributed by atoms with Crippen molar-refractivity contribution in [2.24, 2.45) is 0 Å². The zero-order chi connectivity index (χ0) is 17.5. The molecule has 0 spiro atoms. The van der Waals surface area contributed by atoms with Crippen LogP contribution in [-0.2, 0) is 11.3 Å². The van der Waals surface area contributed by atoms with Crippen molar-refractivity contribution >= 4 is 5.91 Å². The number of rotatable bonds is 7. The molecule has 0 bridgehead atoms. The molecule has 2 aromatic rings. The predicted octanol–water partition coefficient (Wildman–Crippen LogP) is 2.48. The van der Waals surface area contributed by atoms with Crippen LogP contribution in [0.5, 0.6) is 5.75 Å². The van der Waals surface area contributed by atoms with Crippen LogP contribution < -0.4 is 15.6 Å². The summed E-state index contributed by atoms with van der Waals surface area (Å²) < 4.78 is 6.72. The number of aryl methyl sites for hydroxylation is 1. The van der Waals surface area contributed by atoms with E-state index in [0.717, 1.165) is 17.7 Å². The highest BCUT2D eigenvalue weighted by molar-refractivity contribution is 5.83. The summed E-state index contributed by atoms with van der Waals surface area (Å²) in [5.41, 5.74) is 1.69. The fraction of sp³-hybridized carbons (Fsp3) is 0.368. The number of carbonyl (C=O) groups is 1. The molecule has 1 aromatic carbocycles. The molecule has 0 unspecified atom stereocenters. The Morgan fingerprint density at radius 1 is 1.25 bits per heavy atom. The van der Waals surface area contributed by atoms with Gasteiger partial charge in [0.2, 0.25) is 5.91 Å². The molecule has 1 atom stereocenters. The maximum Gasteiger partial charge on any atom is 0.254 e. The number of aromatic nitrogens is 1. The lowest BCUT2D eigenvalue weighted by Crippen LogP contribution is -2.34. The third-order valence-corrected chi connectivity index (χ3v) is 4.11. The van der Waals surface area contributed by atoms with Crippen LogP contribution in [0.4, 0.5) is 0 Å². The number of benzene rings is 1. The van der Waals surface area contributed by atoms with Crippen molar-refractivity contribution in [2.45, 2.75) is 32.7 Å². The Morgan fingerprint density at radius 3 is 2.54 bits per heavy atom. The molecule has 0 aliphatic heterocycles. The standard InChI is InChI=1S/C19H24N2O3/c1-4-17(15-8-6-5-7-9-15)19(23)20-10-11-21-14(2)12-16(24-3)13-18(21)22/h5-9,12-13,17H,4,10-11H2,1-3H3,(H,20,23)/t17-/m1/s1. The van der Waals surface area contributed by atoms with Gasteiger partial charge >= 0.3 is 0 Å². The number of carbonyl (C=O) groups excluding carboxylic acids is 1. The van der Waals surface area contributed by atoms with E-state index in [4.69, 9.17) is 4.74 Å². The normalized spacial score (nSPS) is 11.8. The van der Waals surface area contributed by atoms with E-state index in [1.54, 1.807) is 4.57 Å². The smallest absolute Gasteiger partial charge is 0.254 e. The van der Waals surface area contributed by atoms with Crippen molar-refractivity contribution < 1.29 is 9.53 Å². The van der Waals surface area contributed by atoms with Crippen molar-refractivity contribution in [2.75, 3.05) is 13.7 Å². The van der Waals surface area contributed by atoms with E-state index >= 15 is 0 Å². The summed E-state index contributed by atoms with van der Waals surface area (Å²) in [5.74, 6) is 0.371. The molecule has 2 rings (SSSR count). The van der Waals surface area contributed by atoms with Crippen LogP contribution in [0, 0.1) is 6.92 Å². The van der Waals surface area contributed by atoms with Gasteiger partial charge in [0.05, 0.1) is 13.0 Å². The molecule has 1 aromatic heterocycles. The largest absolute Gasteiger partial charge is 0.496 e. The first-order chi connectivity index (χ1) is 11.6. The Kier molecular flexibility index (Phi) is 6.18. The molecular formula is C19H24N2O3. The zero-order valence-electron chi connectivity index (χ0n) is 14.4. The molecule has 0 saturated heterocycles. The van der Waals surface area contributed by atoms with Crippen LogP contribution in [0.1, 0.15) is 30.5 Å². The molecule has 0 fully saturated rings. The number of ether oxygens (including phenoxy) is 1. The topological polar surface area (TPSA) is 60.3 Å². The summed E-state index contributed by atoms with van der Waals surface area (Å²) >= 11 is 0. The lowest BCUT2D eigenvalue weighted by atomic mass is 9.96. The van der Waals surface area contributed by atoms with Crippen LogP contribution in [-0.4, -0.2) is 24.1 Å². The fourth-order valence-corrected chi connectivity index (χ4v) is 2.78. The Hall–Kier alpha value is -2.56. The second kappa shape index (κ2) is 8.34. The molecule has 1 N–H and O–H groups in total. The van der Waals surface area contributed by atoms with Gasteiger partial charge in [0.15, 0.2) is 0 Å². The summed E-state index contributed by atoms with van der Waals surface area (Å²) in [7, 11) is 1.53. The molecule has 1 heterocycles. The minimum Gasteiger partial charge on any atom is -0.496 e. The highest BCUT2D eigenvalue weighted by atomic mass is 16.5. The second-order valence-electron chi connectivity index (χ2n) is 5.69. The summed E-state index contributed by atoms with van der Waals surface area (Å²) in [4.78, 5) is 24.5. The van der Waals surface area contributed by atoms with Gasteiger partial charge in [0.1, 0.15) is 5.75 Å². The third kappa shape index (κ3) is 4.25. The highest BCUT2D eigenvalue weighted by Gasteiger charge is 2.17. The SMILES string of the molecule is CC[C@@H](C(=O)NCCn1c(C)cc(OC)cc1=O)c1ccccc1. The lowest BCUT2D eigenvalue weighted by molar-refractivity contribution is -0.122. The highest BCUT2D eigenvalue weighted by Crippen LogP contribution is 2.19. The van der Waals surface area contributed by atoms with Crippen molar-refractivity contribution in [3.63, 3.8) is 0 Å². The number of methoxy groups -OCH3 is 1. The van der Waals surface area contributed by atoms with Crippen LogP contribution in [0.3, 0.4) is 0 Å². The van der Waals surface area contributed by atoms with Gasteiger partial charge in [-0.1, -0.05) is 37.3 Å². The molecular weight excluding hydrogens is 304 g/mol. The van der Waals surface area contributed by atoms with Gasteiger partial charge in [-0.25, -0.2) is 0 Å². The number of amides is 1. The zero-order valence-corrected chi connectivity index (χ0v) is 14.4. The first-order valence-electron chi connectivity index (χ1n) is 8.15. The average molecular weight is 328 g/mol. The van der Waals surface area contributed by atoms with Gasteiger partial charge in [-0.15, -0.1) is 0 Å². The maximum atomic E-state index is 12.4. The summed E-state index contributed by atoms with van der Waals surface area (Å²) in [6.07, 6.45) is 0.733. The Labute approximate surface area is 142 Å². The lowest BCUT2D eigenvalue weighted by Gasteiger charge is -2.16. The van der Waals surface area contributed by atoms with Crippen LogP contribution in [0.2, 0.25) is 0 Å². The molecule has 5 heteroatoms. The average Bonchev–Trinajstić information content (AvgIpc) is 2.58. The number of hydrogen-bond acceptors (Lipinski definition) is 3. The molecule has 0 aliphatic carbocycles. The number of hydrogen-bond donors (Lipinski definition) is 1. The minimum absolute atomic E-state index is 0.0112. The molecule has 128 valence electrons. The molecule has 0 radical (unpaired) electrons. The van der Waals surface area contributed by atoms with Crippen LogP contribution in [0.25, 0.3) is 0 Å².